The second-order valence-corrected chi connectivity index (χ2v) is 10.5. The predicted octanol–water partition coefficient (Wildman–Crippen LogP) is 5.25. The quantitative estimate of drug-likeness (QED) is 0.227. The highest BCUT2D eigenvalue weighted by Gasteiger charge is 2.29. The largest absolute Gasteiger partial charge is 0.489 e. The number of aryl methyl sites for hydroxylation is 1. The molecule has 11 nitrogen and oxygen atoms in total. The van der Waals surface area contributed by atoms with E-state index in [1.807, 2.05) is 24.0 Å². The lowest BCUT2D eigenvalue weighted by molar-refractivity contribution is -0.127. The van der Waals surface area contributed by atoms with Gasteiger partial charge in [-0.2, -0.15) is 5.10 Å². The maximum atomic E-state index is 14.4. The number of carbonyl (C=O) groups excluding carboxylic acids is 1. The molecule has 0 aliphatic carbocycles. The van der Waals surface area contributed by atoms with E-state index in [0.717, 1.165) is 24.0 Å². The van der Waals surface area contributed by atoms with E-state index in [1.165, 1.54) is 18.5 Å². The highest BCUT2D eigenvalue weighted by atomic mass is 19.1. The van der Waals surface area contributed by atoms with Crippen molar-refractivity contribution in [2.24, 2.45) is 0 Å². The van der Waals surface area contributed by atoms with Gasteiger partial charge in [-0.3, -0.25) is 4.79 Å². The molecule has 0 saturated carbocycles. The molecule has 1 saturated heterocycles. The van der Waals surface area contributed by atoms with Crippen LogP contribution in [0.1, 0.15) is 31.2 Å². The number of likely N-dealkylation sites (tertiary alicyclic amines) is 1. The molecule has 6 rings (SSSR count). The van der Waals surface area contributed by atoms with Crippen molar-refractivity contribution < 1.29 is 18.7 Å². The maximum absolute atomic E-state index is 14.4. The molecule has 1 fully saturated rings. The Morgan fingerprint density at radius 2 is 1.84 bits per heavy atom. The van der Waals surface area contributed by atoms with E-state index in [-0.39, 0.29) is 24.3 Å². The molecule has 1 atom stereocenters. The minimum absolute atomic E-state index is 0.00531. The predicted molar refractivity (Wildman–Crippen MR) is 162 cm³/mol. The summed E-state index contributed by atoms with van der Waals surface area (Å²) in [5, 5.41) is 5.51. The van der Waals surface area contributed by atoms with Crippen molar-refractivity contribution in [1.29, 1.82) is 0 Å². The van der Waals surface area contributed by atoms with Crippen LogP contribution in [0.25, 0.3) is 22.3 Å². The number of rotatable bonds is 9. The summed E-state index contributed by atoms with van der Waals surface area (Å²) in [5.74, 6) is 1.58. The van der Waals surface area contributed by atoms with E-state index in [2.05, 4.69) is 19.9 Å². The molecule has 12 heteroatoms. The highest BCUT2D eigenvalue weighted by molar-refractivity contribution is 5.98. The minimum Gasteiger partial charge on any atom is -0.489 e. The number of hydrogen-bond donors (Lipinski definition) is 1. The molecule has 4 heterocycles. The summed E-state index contributed by atoms with van der Waals surface area (Å²) in [4.78, 5) is 31.5. The number of hydrogen-bond acceptors (Lipinski definition) is 9. The number of nitrogens with two attached hydrogens (primary N) is 1. The molecule has 1 aliphatic rings. The average Bonchev–Trinajstić information content (AvgIpc) is 3.63. The van der Waals surface area contributed by atoms with Gasteiger partial charge in [-0.25, -0.2) is 29.0 Å². The average molecular weight is 595 g/mol. The Hall–Kier alpha value is -5.39. The standard InChI is InChI=1S/C32H31FN8O3/c1-3-5-28(42)40-11-4-6-24(40)17-41-32-29(31(34)37-19-38-32)30(39-41)22-7-9-25(10-8-22)44-27-13-23(33)12-26(14-27)43-18-21-15-35-20(2)36-16-21/h3,5,7-10,12-16,19,24H,4,6,11,17-18H2,1-2H3,(H2,34,37,38)/b5-3+/t24-/m1/s1. The maximum Gasteiger partial charge on any atom is 0.246 e. The summed E-state index contributed by atoms with van der Waals surface area (Å²) in [5.41, 5.74) is 9.07. The Bertz CT molecular complexity index is 1820. The molecule has 0 radical (unpaired) electrons. The smallest absolute Gasteiger partial charge is 0.246 e. The number of fused-ring (bicyclic) bond motifs is 1. The van der Waals surface area contributed by atoms with Gasteiger partial charge in [0.1, 0.15) is 53.3 Å². The topological polar surface area (TPSA) is 134 Å². The third kappa shape index (κ3) is 6.19. The van der Waals surface area contributed by atoms with Crippen LogP contribution in [0.5, 0.6) is 17.2 Å². The van der Waals surface area contributed by atoms with Crippen LogP contribution < -0.4 is 15.2 Å². The van der Waals surface area contributed by atoms with Crippen LogP contribution in [-0.4, -0.2) is 53.1 Å². The Labute approximate surface area is 253 Å². The van der Waals surface area contributed by atoms with Crippen LogP contribution in [0.3, 0.4) is 0 Å². The van der Waals surface area contributed by atoms with Gasteiger partial charge in [-0.1, -0.05) is 6.08 Å². The zero-order chi connectivity index (χ0) is 30.6. The zero-order valence-electron chi connectivity index (χ0n) is 24.4. The molecule has 1 amide bonds. The molecule has 2 N–H and O–H groups in total. The van der Waals surface area contributed by atoms with Crippen molar-refractivity contribution in [3.05, 3.63) is 90.5 Å². The molecule has 44 heavy (non-hydrogen) atoms. The zero-order valence-corrected chi connectivity index (χ0v) is 24.4. The summed E-state index contributed by atoms with van der Waals surface area (Å²) in [6.07, 6.45) is 9.90. The lowest BCUT2D eigenvalue weighted by atomic mass is 10.1. The first-order chi connectivity index (χ1) is 21.4. The first-order valence-corrected chi connectivity index (χ1v) is 14.3. The fraction of sp³-hybridized carbons (Fsp3) is 0.250. The van der Waals surface area contributed by atoms with Crippen molar-refractivity contribution >= 4 is 22.8 Å². The Morgan fingerprint density at radius 3 is 2.61 bits per heavy atom. The van der Waals surface area contributed by atoms with Gasteiger partial charge in [-0.15, -0.1) is 0 Å². The van der Waals surface area contributed by atoms with Gasteiger partial charge in [0.15, 0.2) is 5.65 Å². The van der Waals surface area contributed by atoms with Gasteiger partial charge >= 0.3 is 0 Å². The number of amides is 1. The van der Waals surface area contributed by atoms with Gasteiger partial charge in [0.05, 0.1) is 18.0 Å². The van der Waals surface area contributed by atoms with E-state index >= 15 is 0 Å². The number of ether oxygens (including phenoxy) is 2. The summed E-state index contributed by atoms with van der Waals surface area (Å²) in [6.45, 7) is 5.01. The minimum atomic E-state index is -0.491. The molecular weight excluding hydrogens is 563 g/mol. The monoisotopic (exact) mass is 594 g/mol. The van der Waals surface area contributed by atoms with Crippen LogP contribution in [0.15, 0.2) is 73.3 Å². The van der Waals surface area contributed by atoms with Crippen LogP contribution in [0.2, 0.25) is 0 Å². The molecule has 2 aromatic carbocycles. The Morgan fingerprint density at radius 1 is 1.07 bits per heavy atom. The number of nitrogen functional groups attached to an aromatic ring is 1. The lowest BCUT2D eigenvalue weighted by Gasteiger charge is -2.23. The number of nitrogens with zero attached hydrogens (tertiary/aromatic N) is 7. The number of aromatic nitrogens is 6. The molecule has 1 aliphatic heterocycles. The number of anilines is 1. The molecule has 224 valence electrons. The van der Waals surface area contributed by atoms with Gasteiger partial charge in [-0.05, 0) is 57.0 Å². The van der Waals surface area contributed by atoms with Crippen LogP contribution in [0.4, 0.5) is 10.2 Å². The van der Waals surface area contributed by atoms with E-state index in [9.17, 15) is 9.18 Å². The SMILES string of the molecule is C/C=C/C(=O)N1CCC[C@@H]1Cn1nc(-c2ccc(Oc3cc(F)cc(OCc4cnc(C)nc4)c3)cc2)c2c(N)ncnc21. The van der Waals surface area contributed by atoms with Crippen molar-refractivity contribution in [2.45, 2.75) is 45.9 Å². The number of carbonyl (C=O) groups is 1. The summed E-state index contributed by atoms with van der Waals surface area (Å²) < 4.78 is 27.9. The first-order valence-electron chi connectivity index (χ1n) is 14.3. The highest BCUT2D eigenvalue weighted by Crippen LogP contribution is 2.33. The second-order valence-electron chi connectivity index (χ2n) is 10.5. The molecule has 5 aromatic rings. The Kier molecular flexibility index (Phi) is 8.13. The third-order valence-corrected chi connectivity index (χ3v) is 7.36. The van der Waals surface area contributed by atoms with Crippen LogP contribution in [-0.2, 0) is 17.9 Å². The van der Waals surface area contributed by atoms with E-state index in [0.29, 0.717) is 53.0 Å². The van der Waals surface area contributed by atoms with Gasteiger partial charge in [0.2, 0.25) is 5.91 Å². The van der Waals surface area contributed by atoms with Crippen molar-refractivity contribution in [3.8, 4) is 28.5 Å². The van der Waals surface area contributed by atoms with E-state index in [1.54, 1.807) is 54.4 Å². The number of benzene rings is 2. The van der Waals surface area contributed by atoms with E-state index in [4.69, 9.17) is 20.3 Å². The van der Waals surface area contributed by atoms with Gasteiger partial charge < -0.3 is 20.1 Å². The number of halogens is 1. The van der Waals surface area contributed by atoms with Crippen molar-refractivity contribution in [3.63, 3.8) is 0 Å². The van der Waals surface area contributed by atoms with Gasteiger partial charge in [0.25, 0.3) is 0 Å². The normalized spacial score (nSPS) is 14.9. The van der Waals surface area contributed by atoms with Crippen LogP contribution >= 0.6 is 0 Å². The van der Waals surface area contributed by atoms with Crippen molar-refractivity contribution in [2.75, 3.05) is 12.3 Å². The van der Waals surface area contributed by atoms with Crippen LogP contribution in [0, 0.1) is 12.7 Å². The summed E-state index contributed by atoms with van der Waals surface area (Å²) >= 11 is 0. The van der Waals surface area contributed by atoms with Gasteiger partial charge in [0, 0.05) is 48.3 Å². The fourth-order valence-electron chi connectivity index (χ4n) is 5.27. The molecule has 3 aromatic heterocycles. The number of allylic oxidation sites excluding steroid dienone is 1. The molecule has 0 unspecified atom stereocenters. The Balaban J connectivity index is 1.21. The third-order valence-electron chi connectivity index (χ3n) is 7.36. The summed E-state index contributed by atoms with van der Waals surface area (Å²) in [7, 11) is 0. The molecule has 0 spiro atoms. The fourth-order valence-corrected chi connectivity index (χ4v) is 5.27. The second kappa shape index (κ2) is 12.5. The lowest BCUT2D eigenvalue weighted by Crippen LogP contribution is -2.37. The molecular formula is C32H31FN8O3. The van der Waals surface area contributed by atoms with E-state index < -0.39 is 5.82 Å². The first kappa shape index (κ1) is 28.7. The van der Waals surface area contributed by atoms with Crippen molar-refractivity contribution in [1.82, 2.24) is 34.6 Å². The molecule has 0 bridgehead atoms. The summed E-state index contributed by atoms with van der Waals surface area (Å²) in [6, 6.07) is 11.4.